The van der Waals surface area contributed by atoms with Crippen molar-refractivity contribution in [1.82, 2.24) is 4.90 Å². The Morgan fingerprint density at radius 2 is 1.62 bits per heavy atom. The van der Waals surface area contributed by atoms with E-state index in [-0.39, 0.29) is 0 Å². The molecule has 4 aliphatic carbocycles. The molecule has 0 radical (unpaired) electrons. The van der Waals surface area contributed by atoms with Crippen LogP contribution in [0.2, 0.25) is 0 Å². The van der Waals surface area contributed by atoms with Crippen LogP contribution in [0.5, 0.6) is 0 Å². The van der Waals surface area contributed by atoms with Crippen molar-refractivity contribution < 1.29 is 0 Å². The lowest BCUT2D eigenvalue weighted by atomic mass is 9.49. The van der Waals surface area contributed by atoms with Gasteiger partial charge in [-0.3, -0.25) is 4.90 Å². The van der Waals surface area contributed by atoms with E-state index < -0.39 is 0 Å². The van der Waals surface area contributed by atoms with Crippen molar-refractivity contribution in [3.63, 3.8) is 0 Å². The summed E-state index contributed by atoms with van der Waals surface area (Å²) in [5.74, 6) is 4.18. The van der Waals surface area contributed by atoms with Crippen molar-refractivity contribution in [3.8, 4) is 0 Å². The highest BCUT2D eigenvalue weighted by Gasteiger charge is 2.50. The third-order valence-electron chi connectivity index (χ3n) is 7.47. The van der Waals surface area contributed by atoms with E-state index in [0.29, 0.717) is 6.04 Å². The Kier molecular flexibility index (Phi) is 3.82. The zero-order valence-electron chi connectivity index (χ0n) is 13.9. The van der Waals surface area contributed by atoms with E-state index in [1.807, 2.05) is 0 Å². The third-order valence-corrected chi connectivity index (χ3v) is 7.47. The minimum atomic E-state index is 0.669. The van der Waals surface area contributed by atoms with Gasteiger partial charge in [-0.05, 0) is 100.0 Å². The fourth-order valence-corrected chi connectivity index (χ4v) is 6.82. The van der Waals surface area contributed by atoms with Gasteiger partial charge >= 0.3 is 0 Å². The zero-order chi connectivity index (χ0) is 14.4. The van der Waals surface area contributed by atoms with Crippen LogP contribution < -0.4 is 5.73 Å². The molecular weight excluding hydrogens is 256 g/mol. The summed E-state index contributed by atoms with van der Waals surface area (Å²) in [6, 6.07) is 0.669. The first kappa shape index (κ1) is 14.5. The Labute approximate surface area is 130 Å². The van der Waals surface area contributed by atoms with E-state index in [9.17, 15) is 0 Å². The van der Waals surface area contributed by atoms with Crippen LogP contribution in [0, 0.1) is 29.1 Å². The third kappa shape index (κ3) is 2.79. The van der Waals surface area contributed by atoms with Crippen LogP contribution in [0.3, 0.4) is 0 Å². The summed E-state index contributed by atoms with van der Waals surface area (Å²) < 4.78 is 0. The molecule has 21 heavy (non-hydrogen) atoms. The van der Waals surface area contributed by atoms with E-state index in [0.717, 1.165) is 35.6 Å². The van der Waals surface area contributed by atoms with Crippen molar-refractivity contribution in [2.45, 2.75) is 70.8 Å². The fraction of sp³-hybridized carbons (Fsp3) is 1.00. The second-order valence-electron chi connectivity index (χ2n) is 9.22. The molecule has 1 aliphatic heterocycles. The molecule has 5 fully saturated rings. The van der Waals surface area contributed by atoms with Crippen molar-refractivity contribution in [1.29, 1.82) is 0 Å². The summed E-state index contributed by atoms with van der Waals surface area (Å²) in [4.78, 5) is 2.75. The highest BCUT2D eigenvalue weighted by atomic mass is 15.2. The van der Waals surface area contributed by atoms with E-state index in [4.69, 9.17) is 5.73 Å². The number of piperidine rings is 1. The molecule has 0 aromatic carbocycles. The van der Waals surface area contributed by atoms with Crippen LogP contribution >= 0.6 is 0 Å². The van der Waals surface area contributed by atoms with Crippen LogP contribution in [0.4, 0.5) is 0 Å². The SMILES string of the molecule is CC1CCN(CCC23CC4CC(CC(C4)C2)C3)C(CN)C1. The number of nitrogens with two attached hydrogens (primary N) is 1. The standard InChI is InChI=1S/C19H34N2/c1-14-2-4-21(18(6-14)13-20)5-3-19-10-15-7-16(11-19)9-17(8-15)12-19/h14-18H,2-13,20H2,1H3. The van der Waals surface area contributed by atoms with Gasteiger partial charge in [0.25, 0.3) is 0 Å². The first-order chi connectivity index (χ1) is 10.2. The normalized spacial score (nSPS) is 49.7. The van der Waals surface area contributed by atoms with Gasteiger partial charge in [0.05, 0.1) is 0 Å². The van der Waals surface area contributed by atoms with Gasteiger partial charge in [-0.15, -0.1) is 0 Å². The molecule has 2 atom stereocenters. The van der Waals surface area contributed by atoms with Crippen LogP contribution in [0.15, 0.2) is 0 Å². The summed E-state index contributed by atoms with van der Waals surface area (Å²) in [6.07, 6.45) is 13.6. The maximum Gasteiger partial charge on any atom is 0.0220 e. The minimum absolute atomic E-state index is 0.669. The highest BCUT2D eigenvalue weighted by molar-refractivity contribution is 5.01. The Balaban J connectivity index is 1.38. The first-order valence-electron chi connectivity index (χ1n) is 9.60. The molecule has 2 N–H and O–H groups in total. The van der Waals surface area contributed by atoms with Gasteiger partial charge in [-0.2, -0.15) is 0 Å². The Hall–Kier alpha value is -0.0800. The number of hydrogen-bond donors (Lipinski definition) is 1. The molecule has 5 rings (SSSR count). The molecule has 0 aromatic rings. The molecule has 1 saturated heterocycles. The van der Waals surface area contributed by atoms with Crippen LogP contribution in [0.25, 0.3) is 0 Å². The molecule has 4 bridgehead atoms. The molecule has 5 aliphatic rings. The predicted octanol–water partition coefficient (Wildman–Crippen LogP) is 3.65. The van der Waals surface area contributed by atoms with E-state index in [2.05, 4.69) is 11.8 Å². The van der Waals surface area contributed by atoms with Gasteiger partial charge in [0.1, 0.15) is 0 Å². The number of hydrogen-bond acceptors (Lipinski definition) is 2. The molecule has 120 valence electrons. The van der Waals surface area contributed by atoms with E-state index in [1.54, 1.807) is 38.5 Å². The van der Waals surface area contributed by atoms with E-state index in [1.165, 1.54) is 32.4 Å². The molecule has 2 heteroatoms. The van der Waals surface area contributed by atoms with Crippen molar-refractivity contribution in [2.75, 3.05) is 19.6 Å². The summed E-state index contributed by atoms with van der Waals surface area (Å²) >= 11 is 0. The van der Waals surface area contributed by atoms with Gasteiger partial charge in [0.15, 0.2) is 0 Å². The van der Waals surface area contributed by atoms with Crippen molar-refractivity contribution in [3.05, 3.63) is 0 Å². The molecule has 2 unspecified atom stereocenters. The van der Waals surface area contributed by atoms with Gasteiger partial charge in [-0.25, -0.2) is 0 Å². The Morgan fingerprint density at radius 3 is 2.19 bits per heavy atom. The van der Waals surface area contributed by atoms with Crippen LogP contribution in [0.1, 0.15) is 64.7 Å². The smallest absolute Gasteiger partial charge is 0.0220 e. The summed E-state index contributed by atoms with van der Waals surface area (Å²) in [5.41, 5.74) is 6.80. The lowest BCUT2D eigenvalue weighted by Gasteiger charge is -2.57. The number of nitrogens with zero attached hydrogens (tertiary/aromatic N) is 1. The number of likely N-dealkylation sites (tertiary alicyclic amines) is 1. The second kappa shape index (κ2) is 5.53. The molecule has 0 aromatic heterocycles. The maximum atomic E-state index is 6.05. The minimum Gasteiger partial charge on any atom is -0.329 e. The van der Waals surface area contributed by atoms with Gasteiger partial charge in [0, 0.05) is 12.6 Å². The van der Waals surface area contributed by atoms with Crippen LogP contribution in [-0.2, 0) is 0 Å². The highest BCUT2D eigenvalue weighted by Crippen LogP contribution is 2.61. The molecule has 2 nitrogen and oxygen atoms in total. The lowest BCUT2D eigenvalue weighted by Crippen LogP contribution is -2.50. The zero-order valence-corrected chi connectivity index (χ0v) is 13.9. The predicted molar refractivity (Wildman–Crippen MR) is 88.0 cm³/mol. The van der Waals surface area contributed by atoms with Crippen molar-refractivity contribution >= 4 is 0 Å². The fourth-order valence-electron chi connectivity index (χ4n) is 6.82. The first-order valence-corrected chi connectivity index (χ1v) is 9.60. The van der Waals surface area contributed by atoms with Gasteiger partial charge in [0.2, 0.25) is 0 Å². The summed E-state index contributed by atoms with van der Waals surface area (Å²) in [6.45, 7) is 5.90. The maximum absolute atomic E-state index is 6.05. The largest absolute Gasteiger partial charge is 0.329 e. The molecule has 0 spiro atoms. The molecule has 4 saturated carbocycles. The average Bonchev–Trinajstić information content (AvgIpc) is 2.44. The number of rotatable bonds is 4. The van der Waals surface area contributed by atoms with Crippen LogP contribution in [-0.4, -0.2) is 30.6 Å². The summed E-state index contributed by atoms with van der Waals surface area (Å²) in [7, 11) is 0. The monoisotopic (exact) mass is 290 g/mol. The summed E-state index contributed by atoms with van der Waals surface area (Å²) in [5, 5.41) is 0. The quantitative estimate of drug-likeness (QED) is 0.856. The molecule has 1 heterocycles. The van der Waals surface area contributed by atoms with E-state index >= 15 is 0 Å². The topological polar surface area (TPSA) is 29.3 Å². The van der Waals surface area contributed by atoms with Gasteiger partial charge in [-0.1, -0.05) is 6.92 Å². The Morgan fingerprint density at radius 1 is 1.00 bits per heavy atom. The Bertz CT molecular complexity index is 342. The average molecular weight is 290 g/mol. The molecular formula is C19H34N2. The lowest BCUT2D eigenvalue weighted by molar-refractivity contribution is -0.0638. The second-order valence-corrected chi connectivity index (χ2v) is 9.22. The van der Waals surface area contributed by atoms with Gasteiger partial charge < -0.3 is 5.73 Å². The molecule has 0 amide bonds. The van der Waals surface area contributed by atoms with Crippen molar-refractivity contribution in [2.24, 2.45) is 34.8 Å².